The summed E-state index contributed by atoms with van der Waals surface area (Å²) in [5.41, 5.74) is 5.27. The monoisotopic (exact) mass is 216 g/mol. The summed E-state index contributed by atoms with van der Waals surface area (Å²) in [4.78, 5) is 14.5. The molecule has 1 heterocycles. The Labute approximate surface area is 85.1 Å². The number of carbonyl (C=O) groups excluding carboxylic acids is 1. The molecule has 0 aliphatic rings. The van der Waals surface area contributed by atoms with Crippen molar-refractivity contribution in [2.75, 3.05) is 12.8 Å². The number of aromatic nitrogens is 1. The van der Waals surface area contributed by atoms with Gasteiger partial charge in [0.2, 0.25) is 0 Å². The lowest BCUT2D eigenvalue weighted by Gasteiger charge is -2.09. The van der Waals surface area contributed by atoms with Crippen LogP contribution in [0.2, 0.25) is 0 Å². The van der Waals surface area contributed by atoms with Gasteiger partial charge in [0.05, 0.1) is 25.4 Å². The Morgan fingerprint density at radius 1 is 1.60 bits per heavy atom. The standard InChI is InChI=1S/C9H10F2N2O2/c1-15-8(14)2-5-6(9(10)11)3-13-4-7(5)12/h3-4,9H,2,12H2,1H3. The van der Waals surface area contributed by atoms with Crippen LogP contribution in [0.3, 0.4) is 0 Å². The van der Waals surface area contributed by atoms with Gasteiger partial charge in [0.15, 0.2) is 0 Å². The molecule has 1 rings (SSSR count). The van der Waals surface area contributed by atoms with Gasteiger partial charge in [0.1, 0.15) is 0 Å². The van der Waals surface area contributed by atoms with Crippen LogP contribution in [0.1, 0.15) is 17.6 Å². The van der Waals surface area contributed by atoms with E-state index in [1.165, 1.54) is 13.3 Å². The summed E-state index contributed by atoms with van der Waals surface area (Å²) < 4.78 is 29.4. The highest BCUT2D eigenvalue weighted by Gasteiger charge is 2.18. The van der Waals surface area contributed by atoms with Crippen molar-refractivity contribution in [1.82, 2.24) is 4.98 Å². The van der Waals surface area contributed by atoms with E-state index in [4.69, 9.17) is 5.73 Å². The van der Waals surface area contributed by atoms with Gasteiger partial charge in [-0.1, -0.05) is 0 Å². The third kappa shape index (κ3) is 2.61. The maximum Gasteiger partial charge on any atom is 0.310 e. The van der Waals surface area contributed by atoms with Crippen LogP contribution in [-0.2, 0) is 16.0 Å². The lowest BCUT2D eigenvalue weighted by Crippen LogP contribution is -2.10. The maximum absolute atomic E-state index is 12.5. The molecule has 15 heavy (non-hydrogen) atoms. The van der Waals surface area contributed by atoms with Gasteiger partial charge in [-0.2, -0.15) is 0 Å². The van der Waals surface area contributed by atoms with E-state index >= 15 is 0 Å². The second-order valence-electron chi connectivity index (χ2n) is 2.85. The summed E-state index contributed by atoms with van der Waals surface area (Å²) in [6.45, 7) is 0. The van der Waals surface area contributed by atoms with Crippen molar-refractivity contribution in [3.63, 3.8) is 0 Å². The lowest BCUT2D eigenvalue weighted by atomic mass is 10.1. The average Bonchev–Trinajstić information content (AvgIpc) is 2.20. The van der Waals surface area contributed by atoms with Gasteiger partial charge in [-0.25, -0.2) is 8.78 Å². The molecule has 0 fully saturated rings. The molecule has 0 saturated heterocycles. The van der Waals surface area contributed by atoms with Crippen LogP contribution in [0.5, 0.6) is 0 Å². The predicted molar refractivity (Wildman–Crippen MR) is 49.3 cm³/mol. The topological polar surface area (TPSA) is 65.2 Å². The number of anilines is 1. The fourth-order valence-corrected chi connectivity index (χ4v) is 1.13. The van der Waals surface area contributed by atoms with Crippen molar-refractivity contribution in [2.24, 2.45) is 0 Å². The van der Waals surface area contributed by atoms with Gasteiger partial charge in [-0.3, -0.25) is 9.78 Å². The maximum atomic E-state index is 12.5. The van der Waals surface area contributed by atoms with Gasteiger partial charge in [0.25, 0.3) is 6.43 Å². The SMILES string of the molecule is COC(=O)Cc1c(N)cncc1C(F)F. The molecule has 2 N–H and O–H groups in total. The largest absolute Gasteiger partial charge is 0.469 e. The Bertz CT molecular complexity index is 369. The van der Waals surface area contributed by atoms with Gasteiger partial charge in [-0.05, 0) is 5.56 Å². The molecule has 82 valence electrons. The third-order valence-electron chi connectivity index (χ3n) is 1.91. The zero-order chi connectivity index (χ0) is 11.4. The number of halogens is 2. The molecule has 0 aliphatic heterocycles. The Kier molecular flexibility index (Phi) is 3.54. The number of esters is 1. The number of rotatable bonds is 3. The Hall–Kier alpha value is -1.72. The second-order valence-corrected chi connectivity index (χ2v) is 2.85. The van der Waals surface area contributed by atoms with E-state index in [0.717, 1.165) is 6.20 Å². The number of nitrogens with zero attached hydrogens (tertiary/aromatic N) is 1. The van der Waals surface area contributed by atoms with Crippen LogP contribution >= 0.6 is 0 Å². The first-order chi connectivity index (χ1) is 7.06. The number of nitrogen functional groups attached to an aromatic ring is 1. The van der Waals surface area contributed by atoms with Gasteiger partial charge >= 0.3 is 5.97 Å². The van der Waals surface area contributed by atoms with Crippen molar-refractivity contribution in [3.8, 4) is 0 Å². The molecular formula is C9H10F2N2O2. The second kappa shape index (κ2) is 4.68. The highest BCUT2D eigenvalue weighted by Crippen LogP contribution is 2.26. The molecule has 0 saturated carbocycles. The Balaban J connectivity index is 3.07. The summed E-state index contributed by atoms with van der Waals surface area (Å²) in [6, 6.07) is 0. The molecule has 0 radical (unpaired) electrons. The molecule has 0 aromatic carbocycles. The lowest BCUT2D eigenvalue weighted by molar-refractivity contribution is -0.139. The van der Waals surface area contributed by atoms with Crippen molar-refractivity contribution < 1.29 is 18.3 Å². The summed E-state index contributed by atoms with van der Waals surface area (Å²) >= 11 is 0. The number of hydrogen-bond acceptors (Lipinski definition) is 4. The molecule has 6 heteroatoms. The zero-order valence-electron chi connectivity index (χ0n) is 8.04. The van der Waals surface area contributed by atoms with Crippen LogP contribution < -0.4 is 5.73 Å². The molecule has 0 unspecified atom stereocenters. The number of carbonyl (C=O) groups is 1. The smallest absolute Gasteiger partial charge is 0.310 e. The van der Waals surface area contributed by atoms with E-state index < -0.39 is 12.4 Å². The number of pyridine rings is 1. The van der Waals surface area contributed by atoms with E-state index in [-0.39, 0.29) is 23.2 Å². The first-order valence-corrected chi connectivity index (χ1v) is 4.13. The predicted octanol–water partition coefficient (Wildman–Crippen LogP) is 1.32. The van der Waals surface area contributed by atoms with Crippen molar-refractivity contribution in [3.05, 3.63) is 23.5 Å². The van der Waals surface area contributed by atoms with Crippen molar-refractivity contribution in [2.45, 2.75) is 12.8 Å². The number of methoxy groups -OCH3 is 1. The van der Waals surface area contributed by atoms with Crippen LogP contribution in [-0.4, -0.2) is 18.1 Å². The Morgan fingerprint density at radius 3 is 2.80 bits per heavy atom. The minimum Gasteiger partial charge on any atom is -0.469 e. The van der Waals surface area contributed by atoms with Gasteiger partial charge in [-0.15, -0.1) is 0 Å². The van der Waals surface area contributed by atoms with Crippen LogP contribution in [0.4, 0.5) is 14.5 Å². The molecule has 1 aromatic heterocycles. The number of ether oxygens (including phenoxy) is 1. The fraction of sp³-hybridized carbons (Fsp3) is 0.333. The highest BCUT2D eigenvalue weighted by atomic mass is 19.3. The molecule has 0 atom stereocenters. The first kappa shape index (κ1) is 11.4. The Morgan fingerprint density at radius 2 is 2.27 bits per heavy atom. The summed E-state index contributed by atoms with van der Waals surface area (Å²) in [5.74, 6) is -0.616. The first-order valence-electron chi connectivity index (χ1n) is 4.13. The molecule has 1 aromatic rings. The van der Waals surface area contributed by atoms with Gasteiger partial charge < -0.3 is 10.5 Å². The molecule has 0 amide bonds. The average molecular weight is 216 g/mol. The number of alkyl halides is 2. The minimum atomic E-state index is -2.71. The third-order valence-corrected chi connectivity index (χ3v) is 1.91. The quantitative estimate of drug-likeness (QED) is 0.774. The van der Waals surface area contributed by atoms with E-state index in [9.17, 15) is 13.6 Å². The van der Waals surface area contributed by atoms with E-state index in [1.54, 1.807) is 0 Å². The molecule has 0 aliphatic carbocycles. The summed E-state index contributed by atoms with van der Waals surface area (Å²) in [7, 11) is 1.18. The van der Waals surface area contributed by atoms with E-state index in [0.29, 0.717) is 0 Å². The summed E-state index contributed by atoms with van der Waals surface area (Å²) in [5, 5.41) is 0. The zero-order valence-corrected chi connectivity index (χ0v) is 8.04. The van der Waals surface area contributed by atoms with Gasteiger partial charge in [0, 0.05) is 11.8 Å². The van der Waals surface area contributed by atoms with Crippen LogP contribution in [0.15, 0.2) is 12.4 Å². The summed E-state index contributed by atoms with van der Waals surface area (Å²) in [6.07, 6.45) is -0.755. The number of hydrogen-bond donors (Lipinski definition) is 1. The number of nitrogens with two attached hydrogens (primary N) is 1. The molecular weight excluding hydrogens is 206 g/mol. The fourth-order valence-electron chi connectivity index (χ4n) is 1.13. The minimum absolute atomic E-state index is 0.0678. The molecule has 0 spiro atoms. The van der Waals surface area contributed by atoms with Crippen molar-refractivity contribution in [1.29, 1.82) is 0 Å². The van der Waals surface area contributed by atoms with Crippen LogP contribution in [0.25, 0.3) is 0 Å². The van der Waals surface area contributed by atoms with Crippen molar-refractivity contribution >= 4 is 11.7 Å². The van der Waals surface area contributed by atoms with Crippen LogP contribution in [0, 0.1) is 0 Å². The van der Waals surface area contributed by atoms with E-state index in [1.807, 2.05) is 0 Å². The molecule has 4 nitrogen and oxygen atoms in total. The van der Waals surface area contributed by atoms with E-state index in [2.05, 4.69) is 9.72 Å². The highest BCUT2D eigenvalue weighted by molar-refractivity contribution is 5.75. The normalized spacial score (nSPS) is 10.4. The molecule has 0 bridgehead atoms.